The molecule has 3 aromatic rings. The molecule has 16 heteroatoms. The molecule has 0 aliphatic carbocycles. The van der Waals surface area contributed by atoms with Crippen LogP contribution in [0.1, 0.15) is 55.8 Å². The molecule has 2 heterocycles. The SMILES string of the molecule is COc1cc([C@H]2O[C@H](c3cc(OC)c(O[C@H](C)[C@H](O)c4cc(OC)c(O[C@@H]5O[C@H](CO)[C@H](O)[C@@H](O)[C@@H]5O)c(OC)c4)c(OC)c3)[C@H](C)[C@@H]2C)cc(OC)c1OC. The summed E-state index contributed by atoms with van der Waals surface area (Å²) in [5, 5.41) is 52.1. The molecule has 11 atom stereocenters. The van der Waals surface area contributed by atoms with Crippen LogP contribution in [-0.4, -0.2) is 119 Å². The van der Waals surface area contributed by atoms with Crippen molar-refractivity contribution in [2.24, 2.45) is 11.8 Å². The minimum atomic E-state index is -1.67. The minimum absolute atomic E-state index is 0.0204. The van der Waals surface area contributed by atoms with Crippen molar-refractivity contribution >= 4 is 0 Å². The van der Waals surface area contributed by atoms with E-state index < -0.39 is 49.5 Å². The van der Waals surface area contributed by atoms with Gasteiger partial charge in [0.1, 0.15) is 36.6 Å². The predicted octanol–water partition coefficient (Wildman–Crippen LogP) is 3.51. The molecule has 0 aromatic heterocycles. The zero-order chi connectivity index (χ0) is 41.0. The summed E-state index contributed by atoms with van der Waals surface area (Å²) in [5.74, 6) is 2.85. The first-order chi connectivity index (χ1) is 26.8. The number of hydrogen-bond donors (Lipinski definition) is 5. The standard InChI is InChI=1S/C40H54O16/c1-18-19(2)36(55-35(18)22-13-24(46-4)37(52-10)25(14-22)47-5)23-15-28(50-8)38(29(16-23)51-9)53-20(3)31(42)21-11-26(48-6)39(27(12-21)49-7)56-40-34(45)33(44)32(43)30(17-41)54-40/h11-16,18-20,30-36,40-45H,17H2,1-10H3/t18-,19+,20+,30+,31-,32-,33+,34-,35-,36-,40-/m0/s1. The third-order valence-corrected chi connectivity index (χ3v) is 10.6. The Labute approximate surface area is 326 Å². The lowest BCUT2D eigenvalue weighted by atomic mass is 9.85. The number of hydrogen-bond acceptors (Lipinski definition) is 16. The fourth-order valence-electron chi connectivity index (χ4n) is 7.16. The third kappa shape index (κ3) is 8.18. The Bertz CT molecular complexity index is 1710. The van der Waals surface area contributed by atoms with Gasteiger partial charge in [0.05, 0.1) is 68.6 Å². The van der Waals surface area contributed by atoms with Gasteiger partial charge in [-0.05, 0) is 71.8 Å². The van der Waals surface area contributed by atoms with Crippen molar-refractivity contribution in [3.63, 3.8) is 0 Å². The molecule has 5 rings (SSSR count). The summed E-state index contributed by atoms with van der Waals surface area (Å²) in [7, 11) is 10.5. The average Bonchev–Trinajstić information content (AvgIpc) is 3.52. The average molecular weight is 791 g/mol. The second-order valence-corrected chi connectivity index (χ2v) is 13.7. The summed E-state index contributed by atoms with van der Waals surface area (Å²) in [4.78, 5) is 0. The van der Waals surface area contributed by atoms with E-state index in [0.717, 1.165) is 11.1 Å². The van der Waals surface area contributed by atoms with Gasteiger partial charge < -0.3 is 77.6 Å². The maximum Gasteiger partial charge on any atom is 0.229 e. The molecule has 56 heavy (non-hydrogen) atoms. The topological polar surface area (TPSA) is 203 Å². The second-order valence-electron chi connectivity index (χ2n) is 13.7. The molecule has 0 unspecified atom stereocenters. The van der Waals surface area contributed by atoms with Gasteiger partial charge in [0.15, 0.2) is 34.5 Å². The molecule has 0 radical (unpaired) electrons. The zero-order valence-corrected chi connectivity index (χ0v) is 33.2. The van der Waals surface area contributed by atoms with E-state index in [1.54, 1.807) is 28.3 Å². The summed E-state index contributed by atoms with van der Waals surface area (Å²) >= 11 is 0. The molecule has 16 nitrogen and oxygen atoms in total. The first-order valence-corrected chi connectivity index (χ1v) is 18.1. The van der Waals surface area contributed by atoms with Gasteiger partial charge in [-0.3, -0.25) is 0 Å². The lowest BCUT2D eigenvalue weighted by molar-refractivity contribution is -0.277. The quantitative estimate of drug-likeness (QED) is 0.141. The third-order valence-electron chi connectivity index (χ3n) is 10.6. The first kappa shape index (κ1) is 42.7. The van der Waals surface area contributed by atoms with E-state index in [1.807, 2.05) is 24.3 Å². The second kappa shape index (κ2) is 18.2. The monoisotopic (exact) mass is 790 g/mol. The molecule has 2 fully saturated rings. The Kier molecular flexibility index (Phi) is 13.9. The van der Waals surface area contributed by atoms with E-state index >= 15 is 0 Å². The number of benzene rings is 3. The maximum absolute atomic E-state index is 11.6. The first-order valence-electron chi connectivity index (χ1n) is 18.1. The molecular formula is C40H54O16. The van der Waals surface area contributed by atoms with Crippen LogP contribution in [0.5, 0.6) is 51.7 Å². The van der Waals surface area contributed by atoms with E-state index in [4.69, 9.17) is 52.1 Å². The summed E-state index contributed by atoms with van der Waals surface area (Å²) in [6.07, 6.45) is -10.4. The predicted molar refractivity (Wildman–Crippen MR) is 200 cm³/mol. The van der Waals surface area contributed by atoms with Crippen molar-refractivity contribution in [1.29, 1.82) is 0 Å². The maximum atomic E-state index is 11.6. The summed E-state index contributed by atoms with van der Waals surface area (Å²) in [6, 6.07) is 10.4. The fraction of sp³-hybridized carbons (Fsp3) is 0.550. The molecule has 0 spiro atoms. The van der Waals surface area contributed by atoms with Gasteiger partial charge in [-0.15, -0.1) is 0 Å². The molecule has 0 amide bonds. The van der Waals surface area contributed by atoms with E-state index in [2.05, 4.69) is 13.8 Å². The van der Waals surface area contributed by atoms with Gasteiger partial charge in [-0.2, -0.15) is 0 Å². The summed E-state index contributed by atoms with van der Waals surface area (Å²) in [6.45, 7) is 5.29. The zero-order valence-electron chi connectivity index (χ0n) is 33.2. The molecule has 3 aromatic carbocycles. The van der Waals surface area contributed by atoms with E-state index in [9.17, 15) is 25.5 Å². The van der Waals surface area contributed by atoms with E-state index in [-0.39, 0.29) is 47.0 Å². The highest BCUT2D eigenvalue weighted by molar-refractivity contribution is 5.57. The van der Waals surface area contributed by atoms with Gasteiger partial charge in [-0.1, -0.05) is 13.8 Å². The van der Waals surface area contributed by atoms with Crippen LogP contribution in [-0.2, 0) is 9.47 Å². The number of ether oxygens (including phenoxy) is 11. The van der Waals surface area contributed by atoms with Crippen molar-refractivity contribution in [3.05, 3.63) is 53.1 Å². The Hall–Kier alpha value is -4.42. The molecule has 2 saturated heterocycles. The van der Waals surface area contributed by atoms with Gasteiger partial charge >= 0.3 is 0 Å². The lowest BCUT2D eigenvalue weighted by Gasteiger charge is -2.39. The van der Waals surface area contributed by atoms with Gasteiger partial charge in [0, 0.05) is 0 Å². The van der Waals surface area contributed by atoms with Crippen molar-refractivity contribution in [2.75, 3.05) is 56.4 Å². The lowest BCUT2D eigenvalue weighted by Crippen LogP contribution is -2.60. The Morgan fingerprint density at radius 1 is 0.571 bits per heavy atom. The van der Waals surface area contributed by atoms with Crippen molar-refractivity contribution in [2.45, 2.75) is 75.9 Å². The highest BCUT2D eigenvalue weighted by Gasteiger charge is 2.46. The highest BCUT2D eigenvalue weighted by Crippen LogP contribution is 2.53. The van der Waals surface area contributed by atoms with Gasteiger partial charge in [-0.25, -0.2) is 0 Å². The van der Waals surface area contributed by atoms with Crippen LogP contribution in [0.15, 0.2) is 36.4 Å². The molecule has 0 bridgehead atoms. The molecular weight excluding hydrogens is 736 g/mol. The van der Waals surface area contributed by atoms with Crippen molar-refractivity contribution in [1.82, 2.24) is 0 Å². The molecule has 5 N–H and O–H groups in total. The van der Waals surface area contributed by atoms with Crippen molar-refractivity contribution in [3.8, 4) is 51.7 Å². The van der Waals surface area contributed by atoms with Crippen LogP contribution >= 0.6 is 0 Å². The number of methoxy groups -OCH3 is 7. The van der Waals surface area contributed by atoms with Crippen LogP contribution in [0.3, 0.4) is 0 Å². The van der Waals surface area contributed by atoms with Crippen LogP contribution in [0.4, 0.5) is 0 Å². The van der Waals surface area contributed by atoms with Gasteiger partial charge in [0.25, 0.3) is 0 Å². The van der Waals surface area contributed by atoms with Crippen LogP contribution < -0.4 is 42.6 Å². The highest BCUT2D eigenvalue weighted by atomic mass is 16.7. The van der Waals surface area contributed by atoms with Crippen LogP contribution in [0, 0.1) is 11.8 Å². The van der Waals surface area contributed by atoms with Crippen LogP contribution in [0.2, 0.25) is 0 Å². The Morgan fingerprint density at radius 2 is 1.00 bits per heavy atom. The van der Waals surface area contributed by atoms with Crippen molar-refractivity contribution < 1.29 is 77.6 Å². The number of rotatable bonds is 16. The summed E-state index contributed by atoms with van der Waals surface area (Å²) < 4.78 is 63.9. The smallest absolute Gasteiger partial charge is 0.229 e. The number of aliphatic hydroxyl groups is 5. The Morgan fingerprint density at radius 3 is 1.41 bits per heavy atom. The Balaban J connectivity index is 1.39. The van der Waals surface area contributed by atoms with Gasteiger partial charge in [0.2, 0.25) is 23.5 Å². The molecule has 0 saturated carbocycles. The molecule has 2 aliphatic rings. The molecule has 2 aliphatic heterocycles. The van der Waals surface area contributed by atoms with Crippen LogP contribution in [0.25, 0.3) is 0 Å². The number of aliphatic hydroxyl groups excluding tert-OH is 5. The normalized spacial score (nSPS) is 27.2. The summed E-state index contributed by atoms with van der Waals surface area (Å²) in [5.41, 5.74) is 2.00. The largest absolute Gasteiger partial charge is 0.493 e. The van der Waals surface area contributed by atoms with E-state index in [0.29, 0.717) is 34.3 Å². The minimum Gasteiger partial charge on any atom is -0.493 e. The van der Waals surface area contributed by atoms with E-state index in [1.165, 1.54) is 40.6 Å². The fourth-order valence-corrected chi connectivity index (χ4v) is 7.16. The molecule has 310 valence electrons.